The van der Waals surface area contributed by atoms with Gasteiger partial charge in [0.1, 0.15) is 0 Å². The Balaban J connectivity index is 2.25. The number of aliphatic imine (C=N–C) groups is 1. The molecule has 14 heavy (non-hydrogen) atoms. The predicted molar refractivity (Wildman–Crippen MR) is 64.8 cm³/mol. The lowest BCUT2D eigenvalue weighted by molar-refractivity contribution is 0.414. The third-order valence-electron chi connectivity index (χ3n) is 2.34. The van der Waals surface area contributed by atoms with Crippen molar-refractivity contribution < 1.29 is 0 Å². The number of hydrogen-bond acceptors (Lipinski definition) is 1. The van der Waals surface area contributed by atoms with Crippen LogP contribution in [0.5, 0.6) is 0 Å². The molecule has 0 heterocycles. The highest BCUT2D eigenvalue weighted by molar-refractivity contribution is 7.80. The third-order valence-corrected chi connectivity index (χ3v) is 2.56. The first-order valence-electron chi connectivity index (χ1n) is 5.19. The van der Waals surface area contributed by atoms with Gasteiger partial charge in [-0.3, -0.25) is 0 Å². The van der Waals surface area contributed by atoms with E-state index in [1.165, 1.54) is 32.1 Å². The van der Waals surface area contributed by atoms with E-state index in [0.29, 0.717) is 11.2 Å². The van der Waals surface area contributed by atoms with Crippen molar-refractivity contribution in [2.24, 2.45) is 4.99 Å². The zero-order valence-electron chi connectivity index (χ0n) is 8.99. The van der Waals surface area contributed by atoms with Crippen molar-refractivity contribution in [2.75, 3.05) is 14.1 Å². The molecule has 1 rings (SSSR count). The van der Waals surface area contributed by atoms with Crippen molar-refractivity contribution in [3.63, 3.8) is 0 Å². The van der Waals surface area contributed by atoms with Crippen molar-refractivity contribution in [3.8, 4) is 0 Å². The van der Waals surface area contributed by atoms with Gasteiger partial charge in [0, 0.05) is 20.1 Å². The van der Waals surface area contributed by atoms with Crippen LogP contribution in [0.2, 0.25) is 0 Å². The van der Waals surface area contributed by atoms with Gasteiger partial charge in [-0.25, -0.2) is 4.99 Å². The molecule has 0 saturated heterocycles. The first-order chi connectivity index (χ1) is 6.68. The van der Waals surface area contributed by atoms with Gasteiger partial charge in [-0.2, -0.15) is 0 Å². The highest BCUT2D eigenvalue weighted by Crippen LogP contribution is 2.17. The fourth-order valence-electron chi connectivity index (χ4n) is 1.63. The topological polar surface area (TPSA) is 27.6 Å². The second-order valence-corrected chi connectivity index (χ2v) is 4.38. The zero-order chi connectivity index (χ0) is 10.4. The fraction of sp³-hybridized carbons (Fsp3) is 0.800. The van der Waals surface area contributed by atoms with Crippen LogP contribution >= 0.6 is 12.2 Å². The molecule has 0 aliphatic heterocycles. The van der Waals surface area contributed by atoms with E-state index in [1.54, 1.807) is 6.34 Å². The summed E-state index contributed by atoms with van der Waals surface area (Å²) in [5.74, 6) is 0. The Morgan fingerprint density at radius 1 is 1.36 bits per heavy atom. The van der Waals surface area contributed by atoms with E-state index in [1.807, 2.05) is 19.0 Å². The average molecular weight is 213 g/mol. The van der Waals surface area contributed by atoms with E-state index in [9.17, 15) is 0 Å². The monoisotopic (exact) mass is 213 g/mol. The number of nitrogens with one attached hydrogen (secondary N) is 1. The second kappa shape index (κ2) is 5.96. The van der Waals surface area contributed by atoms with Crippen LogP contribution in [0.15, 0.2) is 4.99 Å². The minimum absolute atomic E-state index is 0.551. The van der Waals surface area contributed by atoms with Gasteiger partial charge in [0.15, 0.2) is 5.11 Å². The van der Waals surface area contributed by atoms with Crippen molar-refractivity contribution in [1.29, 1.82) is 0 Å². The van der Waals surface area contributed by atoms with E-state index in [-0.39, 0.29) is 0 Å². The van der Waals surface area contributed by atoms with Crippen LogP contribution in [-0.4, -0.2) is 36.5 Å². The van der Waals surface area contributed by atoms with Crippen LogP contribution in [0.4, 0.5) is 0 Å². The van der Waals surface area contributed by atoms with Gasteiger partial charge in [0.25, 0.3) is 0 Å². The zero-order valence-corrected chi connectivity index (χ0v) is 9.81. The summed E-state index contributed by atoms with van der Waals surface area (Å²) in [7, 11) is 3.87. The quantitative estimate of drug-likeness (QED) is 0.430. The van der Waals surface area contributed by atoms with Crippen LogP contribution in [0.1, 0.15) is 32.1 Å². The lowest BCUT2D eigenvalue weighted by atomic mass is 9.96. The van der Waals surface area contributed by atoms with Gasteiger partial charge in [-0.15, -0.1) is 0 Å². The predicted octanol–water partition coefficient (Wildman–Crippen LogP) is 1.78. The van der Waals surface area contributed by atoms with Gasteiger partial charge in [-0.05, 0) is 25.1 Å². The van der Waals surface area contributed by atoms with Crippen LogP contribution in [-0.2, 0) is 0 Å². The van der Waals surface area contributed by atoms with Crippen molar-refractivity contribution in [3.05, 3.63) is 0 Å². The Bertz CT molecular complexity index is 207. The fourth-order valence-corrected chi connectivity index (χ4v) is 1.84. The van der Waals surface area contributed by atoms with E-state index in [4.69, 9.17) is 12.2 Å². The lowest BCUT2D eigenvalue weighted by Gasteiger charge is -2.22. The minimum Gasteiger partial charge on any atom is -0.369 e. The maximum atomic E-state index is 5.12. The molecule has 3 nitrogen and oxygen atoms in total. The summed E-state index contributed by atoms with van der Waals surface area (Å²) in [6, 6.07) is 0.551. The Morgan fingerprint density at radius 3 is 2.57 bits per heavy atom. The largest absolute Gasteiger partial charge is 0.369 e. The molecular weight excluding hydrogens is 194 g/mol. The summed E-state index contributed by atoms with van der Waals surface area (Å²) in [4.78, 5) is 6.02. The Kier molecular flexibility index (Phi) is 4.87. The highest BCUT2D eigenvalue weighted by Gasteiger charge is 2.13. The van der Waals surface area contributed by atoms with Crippen molar-refractivity contribution in [1.82, 2.24) is 10.2 Å². The van der Waals surface area contributed by atoms with Gasteiger partial charge >= 0.3 is 0 Å². The summed E-state index contributed by atoms with van der Waals surface area (Å²) in [6.45, 7) is 0. The number of nitrogens with zero attached hydrogens (tertiary/aromatic N) is 2. The highest BCUT2D eigenvalue weighted by atomic mass is 32.1. The van der Waals surface area contributed by atoms with E-state index >= 15 is 0 Å². The molecule has 1 aliphatic rings. The molecule has 0 aromatic rings. The van der Waals surface area contributed by atoms with Gasteiger partial charge in [0.2, 0.25) is 0 Å². The molecule has 80 valence electrons. The van der Waals surface area contributed by atoms with Crippen LogP contribution in [0.3, 0.4) is 0 Å². The molecule has 0 atom stereocenters. The summed E-state index contributed by atoms with van der Waals surface area (Å²) in [5.41, 5.74) is 0. The SMILES string of the molecule is CN(C)/C=N/C(=S)NC1CCCCC1. The van der Waals surface area contributed by atoms with Gasteiger partial charge < -0.3 is 10.2 Å². The molecule has 1 fully saturated rings. The molecule has 0 aromatic carbocycles. The molecule has 1 aliphatic carbocycles. The molecule has 0 spiro atoms. The third kappa shape index (κ3) is 4.56. The molecule has 0 unspecified atom stereocenters. The molecule has 0 amide bonds. The first-order valence-corrected chi connectivity index (χ1v) is 5.60. The Hall–Kier alpha value is -0.640. The molecule has 1 saturated carbocycles. The minimum atomic E-state index is 0.551. The Labute approximate surface area is 91.6 Å². The molecule has 0 radical (unpaired) electrons. The van der Waals surface area contributed by atoms with E-state index < -0.39 is 0 Å². The maximum Gasteiger partial charge on any atom is 0.194 e. The number of rotatable bonds is 2. The summed E-state index contributed by atoms with van der Waals surface area (Å²) >= 11 is 5.12. The van der Waals surface area contributed by atoms with Gasteiger partial charge in [0.05, 0.1) is 6.34 Å². The molecular formula is C10H19N3S. The van der Waals surface area contributed by atoms with Crippen molar-refractivity contribution >= 4 is 23.7 Å². The average Bonchev–Trinajstić information content (AvgIpc) is 2.16. The summed E-state index contributed by atoms with van der Waals surface area (Å²) in [6.07, 6.45) is 8.20. The Morgan fingerprint density at radius 2 is 2.00 bits per heavy atom. The standard InChI is InChI=1S/C10H19N3S/c1-13(2)8-11-10(14)12-9-6-4-3-5-7-9/h8-9H,3-7H2,1-2H3,(H,12,14)/b11-8+. The summed E-state index contributed by atoms with van der Waals surface area (Å²) < 4.78 is 0. The molecule has 1 N–H and O–H groups in total. The second-order valence-electron chi connectivity index (χ2n) is 3.99. The smallest absolute Gasteiger partial charge is 0.194 e. The van der Waals surface area contributed by atoms with E-state index in [2.05, 4.69) is 10.3 Å². The van der Waals surface area contributed by atoms with Gasteiger partial charge in [-0.1, -0.05) is 19.3 Å². The molecule has 0 aromatic heterocycles. The van der Waals surface area contributed by atoms with Crippen LogP contribution < -0.4 is 5.32 Å². The molecule has 4 heteroatoms. The molecule has 0 bridgehead atoms. The van der Waals surface area contributed by atoms with Crippen LogP contribution in [0, 0.1) is 0 Å². The van der Waals surface area contributed by atoms with E-state index in [0.717, 1.165) is 0 Å². The lowest BCUT2D eigenvalue weighted by Crippen LogP contribution is -2.34. The number of thiocarbonyl (C=S) groups is 1. The summed E-state index contributed by atoms with van der Waals surface area (Å²) in [5, 5.41) is 3.90. The van der Waals surface area contributed by atoms with Crippen molar-refractivity contribution in [2.45, 2.75) is 38.1 Å². The first kappa shape index (κ1) is 11.4. The number of hydrogen-bond donors (Lipinski definition) is 1. The normalized spacial score (nSPS) is 18.4. The maximum absolute atomic E-state index is 5.12. The van der Waals surface area contributed by atoms with Crippen LogP contribution in [0.25, 0.3) is 0 Å².